The van der Waals surface area contributed by atoms with Crippen LogP contribution in [0, 0.1) is 0 Å². The van der Waals surface area contributed by atoms with Crippen molar-refractivity contribution in [3.05, 3.63) is 35.4 Å². The predicted molar refractivity (Wildman–Crippen MR) is 97.0 cm³/mol. The van der Waals surface area contributed by atoms with E-state index in [1.54, 1.807) is 0 Å². The number of benzene rings is 1. The molecule has 0 radical (unpaired) electrons. The molecule has 30 heavy (non-hydrogen) atoms. The first-order chi connectivity index (χ1) is 13.6. The molecule has 0 aliphatic carbocycles. The smallest absolute Gasteiger partial charge is 0.416 e. The summed E-state index contributed by atoms with van der Waals surface area (Å²) in [6.45, 7) is -0.532. The molecule has 3 rings (SSSR count). The zero-order valence-electron chi connectivity index (χ0n) is 15.7. The fourth-order valence-corrected chi connectivity index (χ4v) is 6.19. The molecule has 2 unspecified atom stereocenters. The van der Waals surface area contributed by atoms with Crippen molar-refractivity contribution in [2.45, 2.75) is 48.2 Å². The summed E-state index contributed by atoms with van der Waals surface area (Å²) >= 11 is 0. The van der Waals surface area contributed by atoms with Gasteiger partial charge in [0.05, 0.1) is 18.8 Å². The first kappa shape index (κ1) is 25.6. The van der Waals surface area contributed by atoms with Crippen molar-refractivity contribution >= 4 is 10.9 Å². The highest BCUT2D eigenvalue weighted by atomic mass is 35.5. The van der Waals surface area contributed by atoms with Gasteiger partial charge in [-0.15, -0.1) is 0 Å². The van der Waals surface area contributed by atoms with Crippen LogP contribution in [0.3, 0.4) is 0 Å². The van der Waals surface area contributed by atoms with Gasteiger partial charge in [-0.3, -0.25) is 0 Å². The molecular weight excluding hydrogens is 453 g/mol. The molecular formula is C18H24ClF3O7S. The van der Waals surface area contributed by atoms with Crippen LogP contribution in [0.25, 0.3) is 0 Å². The molecule has 2 heterocycles. The maximum Gasteiger partial charge on any atom is 0.416 e. The second-order valence-corrected chi connectivity index (χ2v) is 9.52. The van der Waals surface area contributed by atoms with Gasteiger partial charge in [-0.1, -0.05) is 12.1 Å². The average molecular weight is 477 g/mol. The number of alkyl halides is 3. The Balaban J connectivity index is 0.00000320. The molecule has 2 aliphatic rings. The van der Waals surface area contributed by atoms with Crippen LogP contribution >= 0.6 is 0 Å². The first-order valence-electron chi connectivity index (χ1n) is 9.05. The van der Waals surface area contributed by atoms with E-state index in [1.165, 1.54) is 12.1 Å². The van der Waals surface area contributed by atoms with Gasteiger partial charge in [0.25, 0.3) is 0 Å². The minimum absolute atomic E-state index is 0. The maximum atomic E-state index is 12.7. The van der Waals surface area contributed by atoms with Crippen molar-refractivity contribution in [2.75, 3.05) is 24.7 Å². The van der Waals surface area contributed by atoms with Gasteiger partial charge in [0, 0.05) is 16.5 Å². The van der Waals surface area contributed by atoms with E-state index in [0.717, 1.165) is 12.1 Å². The zero-order chi connectivity index (χ0) is 21.3. The molecule has 1 aromatic rings. The van der Waals surface area contributed by atoms with E-state index in [0.29, 0.717) is 5.56 Å². The third-order valence-corrected chi connectivity index (χ3v) is 7.94. The summed E-state index contributed by atoms with van der Waals surface area (Å²) in [6.07, 6.45) is -11.0. The van der Waals surface area contributed by atoms with Crippen LogP contribution in [0.5, 0.6) is 0 Å². The molecule has 5 N–H and O–H groups in total. The Bertz CT molecular complexity index is 681. The first-order valence-corrected chi connectivity index (χ1v) is 10.7. The van der Waals surface area contributed by atoms with Crippen LogP contribution in [0.1, 0.15) is 17.4 Å². The number of aliphatic hydroxyl groups excluding tert-OH is 5. The van der Waals surface area contributed by atoms with E-state index in [2.05, 4.69) is 0 Å². The fraction of sp³-hybridized carbons (Fsp3) is 0.667. The van der Waals surface area contributed by atoms with Gasteiger partial charge in [-0.05, 0) is 12.1 Å². The van der Waals surface area contributed by atoms with Gasteiger partial charge < -0.3 is 47.4 Å². The topological polar surface area (TPSA) is 120 Å². The lowest BCUT2D eigenvalue weighted by Crippen LogP contribution is -3.00. The number of rotatable bonds is 5. The number of aliphatic hydroxyl groups is 5. The van der Waals surface area contributed by atoms with Crippen LogP contribution in [-0.2, 0) is 26.5 Å². The molecule has 7 nitrogen and oxygen atoms in total. The Labute approximate surface area is 180 Å². The van der Waals surface area contributed by atoms with Gasteiger partial charge in [-0.2, -0.15) is 13.2 Å². The SMILES string of the molecule is OC[C@@H]1[C@@H](O)[C@H](O)C[S+]1C[C@@H](O)[C@H]1OC(c2ccc(C(F)(F)F)cc2)OC[C@H]1O.[Cl-]. The van der Waals surface area contributed by atoms with Crippen molar-refractivity contribution in [1.82, 2.24) is 0 Å². The minimum Gasteiger partial charge on any atom is -1.00 e. The number of ether oxygens (including phenoxy) is 2. The van der Waals surface area contributed by atoms with Crippen molar-refractivity contribution in [1.29, 1.82) is 0 Å². The molecule has 8 atom stereocenters. The summed E-state index contributed by atoms with van der Waals surface area (Å²) in [5.74, 6) is 0.298. The lowest BCUT2D eigenvalue weighted by Gasteiger charge is -2.36. The van der Waals surface area contributed by atoms with Crippen LogP contribution in [0.2, 0.25) is 0 Å². The van der Waals surface area contributed by atoms with Gasteiger partial charge in [-0.25, -0.2) is 0 Å². The molecule has 12 heteroatoms. The molecule has 172 valence electrons. The Kier molecular flexibility index (Phi) is 8.82. The number of halogens is 4. The summed E-state index contributed by atoms with van der Waals surface area (Å²) in [6, 6.07) is 4.21. The van der Waals surface area contributed by atoms with Gasteiger partial charge >= 0.3 is 6.18 Å². The highest BCUT2D eigenvalue weighted by Crippen LogP contribution is 2.33. The van der Waals surface area contributed by atoms with Gasteiger partial charge in [0.1, 0.15) is 42.0 Å². The Morgan fingerprint density at radius 2 is 1.73 bits per heavy atom. The number of hydrogen-bond donors (Lipinski definition) is 5. The van der Waals surface area contributed by atoms with Crippen LogP contribution < -0.4 is 12.4 Å². The largest absolute Gasteiger partial charge is 1.00 e. The molecule has 0 aromatic heterocycles. The van der Waals surface area contributed by atoms with Crippen molar-refractivity contribution in [3.8, 4) is 0 Å². The predicted octanol–water partition coefficient (Wildman–Crippen LogP) is -3.44. The fourth-order valence-electron chi connectivity index (χ4n) is 3.51. The van der Waals surface area contributed by atoms with Crippen molar-refractivity contribution in [3.63, 3.8) is 0 Å². The summed E-state index contributed by atoms with van der Waals surface area (Å²) < 4.78 is 49.1. The van der Waals surface area contributed by atoms with Crippen LogP contribution in [-0.4, -0.2) is 86.0 Å². The molecule has 0 spiro atoms. The lowest BCUT2D eigenvalue weighted by molar-refractivity contribution is -0.273. The maximum absolute atomic E-state index is 12.7. The minimum atomic E-state index is -4.47. The second-order valence-electron chi connectivity index (χ2n) is 7.17. The highest BCUT2D eigenvalue weighted by molar-refractivity contribution is 7.97. The van der Waals surface area contributed by atoms with E-state index >= 15 is 0 Å². The standard InChI is InChI=1S/C18H24F3O7S.ClH/c19-18(20,21)10-3-1-9(2-4-10)17-27-6-11(23)16(28-17)13(25)8-29-7-12(24)15(26)14(29)5-22;/h1-4,11-17,22-26H,5-8H2;1H/q+1;/p-1/t11-,12-,13-,14-,15+,16+,17?,29?;/m1./s1. The van der Waals surface area contributed by atoms with Gasteiger partial charge in [0.15, 0.2) is 11.5 Å². The van der Waals surface area contributed by atoms with Crippen molar-refractivity contribution < 1.29 is 60.6 Å². The average Bonchev–Trinajstić information content (AvgIpc) is 2.94. The molecule has 2 saturated heterocycles. The normalized spacial score (nSPS) is 35.7. The van der Waals surface area contributed by atoms with E-state index in [-0.39, 0.29) is 37.1 Å². The van der Waals surface area contributed by atoms with E-state index < -0.39 is 64.7 Å². The van der Waals surface area contributed by atoms with E-state index in [4.69, 9.17) is 9.47 Å². The van der Waals surface area contributed by atoms with Crippen molar-refractivity contribution in [2.24, 2.45) is 0 Å². The highest BCUT2D eigenvalue weighted by Gasteiger charge is 2.51. The summed E-state index contributed by atoms with van der Waals surface area (Å²) in [5, 5.41) is 49.3. The monoisotopic (exact) mass is 476 g/mol. The second kappa shape index (κ2) is 10.3. The Morgan fingerprint density at radius 3 is 2.30 bits per heavy atom. The van der Waals surface area contributed by atoms with Crippen LogP contribution in [0.15, 0.2) is 24.3 Å². The quantitative estimate of drug-likeness (QED) is 0.281. The lowest BCUT2D eigenvalue weighted by atomic mass is 10.1. The molecule has 2 fully saturated rings. The molecule has 0 saturated carbocycles. The summed E-state index contributed by atoms with van der Waals surface area (Å²) in [5.41, 5.74) is -0.507. The van der Waals surface area contributed by atoms with Crippen LogP contribution in [0.4, 0.5) is 13.2 Å². The Morgan fingerprint density at radius 1 is 1.10 bits per heavy atom. The van der Waals surface area contributed by atoms with E-state index in [1.807, 2.05) is 0 Å². The Hall–Kier alpha value is -0.630. The summed E-state index contributed by atoms with van der Waals surface area (Å²) in [7, 11) is -0.698. The molecule has 0 amide bonds. The zero-order valence-corrected chi connectivity index (χ0v) is 17.2. The third kappa shape index (κ3) is 5.59. The molecule has 2 aliphatic heterocycles. The molecule has 1 aromatic carbocycles. The molecule has 0 bridgehead atoms. The van der Waals surface area contributed by atoms with E-state index in [9.17, 15) is 38.7 Å². The third-order valence-electron chi connectivity index (χ3n) is 5.12. The summed E-state index contributed by atoms with van der Waals surface area (Å²) in [4.78, 5) is 0. The van der Waals surface area contributed by atoms with Gasteiger partial charge in [0.2, 0.25) is 0 Å². The number of hydrogen-bond acceptors (Lipinski definition) is 7.